The van der Waals surface area contributed by atoms with Crippen LogP contribution in [-0.2, 0) is 20.7 Å². The van der Waals surface area contributed by atoms with Gasteiger partial charge in [0, 0.05) is 18.5 Å². The Morgan fingerprint density at radius 3 is 2.93 bits per heavy atom. The molecule has 2 atom stereocenters. The highest BCUT2D eigenvalue weighted by atomic mass is 32.1. The molecule has 0 radical (unpaired) electrons. The molecule has 0 saturated heterocycles. The first-order chi connectivity index (χ1) is 13.0. The van der Waals surface area contributed by atoms with E-state index < -0.39 is 17.4 Å². The van der Waals surface area contributed by atoms with Gasteiger partial charge in [0.1, 0.15) is 5.00 Å². The Morgan fingerprint density at radius 2 is 2.15 bits per heavy atom. The van der Waals surface area contributed by atoms with Crippen LogP contribution in [0.15, 0.2) is 28.0 Å². The molecule has 2 unspecified atom stereocenters. The molecule has 0 aromatic carbocycles. The SMILES string of the molecule is CCN=C1CC2Cc3c(C)nsc3N3C4=C(OC(=C1F)C23)C(=O)C(=O)CC4. The number of aryl methyl sites for hydroxylation is 1. The zero-order chi connectivity index (χ0) is 18.9. The minimum Gasteiger partial charge on any atom is -0.450 e. The average molecular weight is 387 g/mol. The van der Waals surface area contributed by atoms with Gasteiger partial charge in [-0.05, 0) is 50.6 Å². The molecule has 2 aliphatic heterocycles. The number of carbonyl (C=O) groups excluding carboxylic acids is 2. The van der Waals surface area contributed by atoms with Crippen molar-refractivity contribution in [3.8, 4) is 0 Å². The van der Waals surface area contributed by atoms with Crippen molar-refractivity contribution in [1.29, 1.82) is 0 Å². The normalized spacial score (nSPS) is 28.3. The van der Waals surface area contributed by atoms with E-state index in [0.29, 0.717) is 30.8 Å². The van der Waals surface area contributed by atoms with Crippen LogP contribution in [0.2, 0.25) is 0 Å². The van der Waals surface area contributed by atoms with Crippen LogP contribution < -0.4 is 4.90 Å². The van der Waals surface area contributed by atoms with Gasteiger partial charge >= 0.3 is 0 Å². The molecule has 4 aliphatic rings. The van der Waals surface area contributed by atoms with E-state index in [4.69, 9.17) is 4.74 Å². The maximum atomic E-state index is 15.2. The van der Waals surface area contributed by atoms with Crippen molar-refractivity contribution in [1.82, 2.24) is 4.37 Å². The van der Waals surface area contributed by atoms with Crippen LogP contribution in [0.3, 0.4) is 0 Å². The summed E-state index contributed by atoms with van der Waals surface area (Å²) < 4.78 is 25.5. The first-order valence-electron chi connectivity index (χ1n) is 9.17. The first kappa shape index (κ1) is 16.8. The summed E-state index contributed by atoms with van der Waals surface area (Å²) in [6.07, 6.45) is 1.88. The van der Waals surface area contributed by atoms with Gasteiger partial charge in [-0.2, -0.15) is 4.37 Å². The van der Waals surface area contributed by atoms with Crippen LogP contribution in [-0.4, -0.2) is 34.2 Å². The van der Waals surface area contributed by atoms with Gasteiger partial charge in [0.05, 0.1) is 23.1 Å². The van der Waals surface area contributed by atoms with E-state index in [1.54, 1.807) is 0 Å². The number of fused-ring (bicyclic) bond motifs is 3. The number of hydrogen-bond acceptors (Lipinski definition) is 7. The quantitative estimate of drug-likeness (QED) is 0.693. The Bertz CT molecular complexity index is 990. The van der Waals surface area contributed by atoms with Gasteiger partial charge in [-0.1, -0.05) is 0 Å². The predicted octanol–water partition coefficient (Wildman–Crippen LogP) is 3.02. The van der Waals surface area contributed by atoms with Crippen LogP contribution in [0.5, 0.6) is 0 Å². The highest BCUT2D eigenvalue weighted by Gasteiger charge is 2.52. The lowest BCUT2D eigenvalue weighted by Gasteiger charge is -2.49. The molecule has 1 aromatic rings. The number of anilines is 1. The Hall–Kier alpha value is -2.35. The molecule has 0 saturated carbocycles. The van der Waals surface area contributed by atoms with E-state index in [0.717, 1.165) is 22.7 Å². The van der Waals surface area contributed by atoms with E-state index in [-0.39, 0.29) is 29.9 Å². The maximum Gasteiger partial charge on any atom is 0.265 e. The zero-order valence-corrected chi connectivity index (χ0v) is 15.9. The highest BCUT2D eigenvalue weighted by Crippen LogP contribution is 2.51. The fourth-order valence-electron chi connectivity index (χ4n) is 4.52. The topological polar surface area (TPSA) is 71.9 Å². The molecule has 0 fully saturated rings. The second-order valence-corrected chi connectivity index (χ2v) is 8.02. The third-order valence-corrected chi connectivity index (χ3v) is 6.71. The molecule has 27 heavy (non-hydrogen) atoms. The third-order valence-electron chi connectivity index (χ3n) is 5.73. The van der Waals surface area contributed by atoms with E-state index in [1.165, 1.54) is 11.5 Å². The summed E-state index contributed by atoms with van der Waals surface area (Å²) in [7, 11) is 0. The second kappa shape index (κ2) is 5.82. The zero-order valence-electron chi connectivity index (χ0n) is 15.0. The summed E-state index contributed by atoms with van der Waals surface area (Å²) in [4.78, 5) is 30.8. The summed E-state index contributed by atoms with van der Waals surface area (Å²) >= 11 is 1.36. The fourth-order valence-corrected chi connectivity index (χ4v) is 5.51. The third kappa shape index (κ3) is 2.22. The van der Waals surface area contributed by atoms with Gasteiger partial charge in [0.2, 0.25) is 5.78 Å². The Morgan fingerprint density at radius 1 is 1.33 bits per heavy atom. The minimum absolute atomic E-state index is 0.0250. The van der Waals surface area contributed by atoms with Crippen molar-refractivity contribution in [2.45, 2.75) is 45.6 Å². The highest BCUT2D eigenvalue weighted by molar-refractivity contribution is 7.10. The van der Waals surface area contributed by atoms with Crippen molar-refractivity contribution in [2.24, 2.45) is 10.9 Å². The molecule has 3 heterocycles. The molecule has 0 bridgehead atoms. The van der Waals surface area contributed by atoms with Crippen molar-refractivity contribution in [2.75, 3.05) is 11.4 Å². The van der Waals surface area contributed by atoms with Crippen LogP contribution in [0.25, 0.3) is 0 Å². The monoisotopic (exact) mass is 387 g/mol. The van der Waals surface area contributed by atoms with E-state index in [1.807, 2.05) is 18.7 Å². The predicted molar refractivity (Wildman–Crippen MR) is 98.4 cm³/mol. The lowest BCUT2D eigenvalue weighted by Crippen LogP contribution is -2.53. The molecule has 2 aliphatic carbocycles. The van der Waals surface area contributed by atoms with Crippen molar-refractivity contribution in [3.05, 3.63) is 34.3 Å². The number of Topliss-reactive ketones (excluding diaryl/α,β-unsaturated/α-hetero) is 2. The number of nitrogens with zero attached hydrogens (tertiary/aromatic N) is 3. The average Bonchev–Trinajstić information content (AvgIpc) is 3.03. The summed E-state index contributed by atoms with van der Waals surface area (Å²) in [5.41, 5.74) is 3.17. The van der Waals surface area contributed by atoms with Crippen LogP contribution >= 0.6 is 11.5 Å². The number of halogens is 1. The number of hydrogen-bond donors (Lipinski definition) is 0. The summed E-state index contributed by atoms with van der Waals surface area (Å²) in [5, 5.41) is 0.938. The minimum atomic E-state index is -0.667. The smallest absolute Gasteiger partial charge is 0.265 e. The van der Waals surface area contributed by atoms with Crippen molar-refractivity contribution >= 4 is 33.8 Å². The van der Waals surface area contributed by atoms with Gasteiger partial charge in [-0.15, -0.1) is 0 Å². The van der Waals surface area contributed by atoms with Crippen LogP contribution in [0.4, 0.5) is 9.39 Å². The number of allylic oxidation sites excluding steroid dienone is 3. The summed E-state index contributed by atoms with van der Waals surface area (Å²) in [6.45, 7) is 4.32. The molecular formula is C19H18FN3O3S. The molecule has 6 nitrogen and oxygen atoms in total. The summed E-state index contributed by atoms with van der Waals surface area (Å²) in [5.74, 6) is -1.46. The Labute approximate surface area is 159 Å². The number of ether oxygens (including phenoxy) is 1. The van der Waals surface area contributed by atoms with E-state index in [9.17, 15) is 9.59 Å². The Balaban J connectivity index is 1.77. The molecule has 0 spiro atoms. The van der Waals surface area contributed by atoms with E-state index in [2.05, 4.69) is 9.37 Å². The fraction of sp³-hybridized carbons (Fsp3) is 0.474. The molecule has 5 rings (SSSR count). The number of ketones is 2. The molecule has 0 N–H and O–H groups in total. The number of aromatic nitrogens is 1. The second-order valence-electron chi connectivity index (χ2n) is 7.26. The molecule has 8 heteroatoms. The van der Waals surface area contributed by atoms with Crippen molar-refractivity contribution < 1.29 is 18.7 Å². The van der Waals surface area contributed by atoms with Crippen LogP contribution in [0, 0.1) is 12.8 Å². The largest absolute Gasteiger partial charge is 0.450 e. The van der Waals surface area contributed by atoms with Crippen LogP contribution in [0.1, 0.15) is 37.4 Å². The Kier molecular flexibility index (Phi) is 3.62. The summed E-state index contributed by atoms with van der Waals surface area (Å²) in [6, 6.07) is -0.312. The van der Waals surface area contributed by atoms with Gasteiger partial charge in [-0.3, -0.25) is 14.6 Å². The number of aliphatic imine (C=N–C) groups is 1. The standard InChI is InChI=1S/C19H18FN3O3S/c1-3-21-11-7-9-6-10-8(2)22-27-19(10)23-12-4-5-13(24)16(25)17(12)26-18(14(11)20)15(9)23/h9,15H,3-7H2,1-2H3. The van der Waals surface area contributed by atoms with Gasteiger partial charge in [0.15, 0.2) is 17.3 Å². The van der Waals surface area contributed by atoms with Gasteiger partial charge < -0.3 is 9.64 Å². The first-order valence-corrected chi connectivity index (χ1v) is 9.94. The van der Waals surface area contributed by atoms with Crippen molar-refractivity contribution in [3.63, 3.8) is 0 Å². The van der Waals surface area contributed by atoms with E-state index >= 15 is 4.39 Å². The lowest BCUT2D eigenvalue weighted by molar-refractivity contribution is -0.137. The van der Waals surface area contributed by atoms with Gasteiger partial charge in [0.25, 0.3) is 5.78 Å². The molecule has 140 valence electrons. The molecule has 0 amide bonds. The van der Waals surface area contributed by atoms with Gasteiger partial charge in [-0.25, -0.2) is 4.39 Å². The molecular weight excluding hydrogens is 369 g/mol. The number of rotatable bonds is 1. The lowest BCUT2D eigenvalue weighted by atomic mass is 9.77. The molecule has 1 aromatic heterocycles. The maximum absolute atomic E-state index is 15.2. The number of carbonyl (C=O) groups is 2.